The van der Waals surface area contributed by atoms with Crippen molar-refractivity contribution in [3.8, 4) is 0 Å². The molecule has 1 atom stereocenters. The van der Waals surface area contributed by atoms with Crippen LogP contribution >= 0.6 is 0 Å². The number of esters is 1. The number of ether oxygens (including phenoxy) is 1. The van der Waals surface area contributed by atoms with E-state index in [1.165, 1.54) is 0 Å². The zero-order valence-corrected chi connectivity index (χ0v) is 13.9. The summed E-state index contributed by atoms with van der Waals surface area (Å²) in [5, 5.41) is 8.39. The van der Waals surface area contributed by atoms with E-state index in [2.05, 4.69) is 20.1 Å². The molecule has 4 rings (SSSR count). The zero-order valence-electron chi connectivity index (χ0n) is 13.9. The van der Waals surface area contributed by atoms with Crippen LogP contribution in [0.25, 0.3) is 0 Å². The number of H-pyrrole nitrogens is 1. The number of carbonyl (C=O) groups is 1. The second-order valence-electron chi connectivity index (χ2n) is 6.70. The van der Waals surface area contributed by atoms with E-state index in [1.807, 2.05) is 31.3 Å². The van der Waals surface area contributed by atoms with Crippen molar-refractivity contribution in [2.24, 2.45) is 0 Å². The van der Waals surface area contributed by atoms with E-state index < -0.39 is 0 Å². The van der Waals surface area contributed by atoms with Gasteiger partial charge in [-0.15, -0.1) is 5.10 Å². The van der Waals surface area contributed by atoms with Crippen LogP contribution in [-0.4, -0.2) is 40.3 Å². The number of hydrogen-bond donors (Lipinski definition) is 1. The van der Waals surface area contributed by atoms with Gasteiger partial charge in [-0.05, 0) is 56.7 Å². The second-order valence-corrected chi connectivity index (χ2v) is 6.70. The summed E-state index contributed by atoms with van der Waals surface area (Å²) >= 11 is 0. The molecular formula is C18H22N4O2. The van der Waals surface area contributed by atoms with Gasteiger partial charge in [-0.3, -0.25) is 0 Å². The number of nitrogens with one attached hydrogen (secondary N) is 1. The van der Waals surface area contributed by atoms with Gasteiger partial charge in [0, 0.05) is 18.4 Å². The smallest absolute Gasteiger partial charge is 0.340 e. The largest absolute Gasteiger partial charge is 0.460 e. The molecule has 1 aliphatic heterocycles. The fraction of sp³-hybridized carbons (Fsp3) is 0.500. The Morgan fingerprint density at radius 1 is 1.29 bits per heavy atom. The number of aromatic amines is 1. The first-order valence-electron chi connectivity index (χ1n) is 8.64. The molecule has 0 spiro atoms. The van der Waals surface area contributed by atoms with Gasteiger partial charge in [0.1, 0.15) is 6.61 Å². The summed E-state index contributed by atoms with van der Waals surface area (Å²) in [7, 11) is 0. The molecule has 0 radical (unpaired) electrons. The van der Waals surface area contributed by atoms with Gasteiger partial charge >= 0.3 is 5.97 Å². The van der Waals surface area contributed by atoms with E-state index in [0.29, 0.717) is 18.1 Å². The molecule has 24 heavy (non-hydrogen) atoms. The first kappa shape index (κ1) is 15.2. The Labute approximate surface area is 141 Å². The highest BCUT2D eigenvalue weighted by Gasteiger charge is 2.31. The Morgan fingerprint density at radius 2 is 2.17 bits per heavy atom. The van der Waals surface area contributed by atoms with Crippen LogP contribution in [0, 0.1) is 6.92 Å². The van der Waals surface area contributed by atoms with Gasteiger partial charge in [-0.1, -0.05) is 0 Å². The molecule has 0 unspecified atom stereocenters. The van der Waals surface area contributed by atoms with Crippen molar-refractivity contribution < 1.29 is 9.53 Å². The van der Waals surface area contributed by atoms with E-state index in [0.717, 1.165) is 49.4 Å². The zero-order chi connectivity index (χ0) is 16.5. The lowest BCUT2D eigenvalue weighted by Crippen LogP contribution is -2.34. The van der Waals surface area contributed by atoms with Crippen LogP contribution in [-0.2, 0) is 4.74 Å². The highest BCUT2D eigenvalue weighted by molar-refractivity contribution is 5.91. The molecule has 1 saturated carbocycles. The lowest BCUT2D eigenvalue weighted by atomic mass is 10.2. The molecule has 1 saturated heterocycles. The van der Waals surface area contributed by atoms with Gasteiger partial charge in [0.25, 0.3) is 0 Å². The molecule has 3 heterocycles. The van der Waals surface area contributed by atoms with Crippen molar-refractivity contribution in [2.75, 3.05) is 18.1 Å². The summed E-state index contributed by atoms with van der Waals surface area (Å²) in [5.41, 5.74) is 2.63. The predicted octanol–water partition coefficient (Wildman–Crippen LogP) is 2.82. The Morgan fingerprint density at radius 3 is 2.92 bits per heavy atom. The summed E-state index contributed by atoms with van der Waals surface area (Å²) in [5.74, 6) is 1.15. The van der Waals surface area contributed by atoms with E-state index in [9.17, 15) is 4.79 Å². The van der Waals surface area contributed by atoms with E-state index >= 15 is 0 Å². The van der Waals surface area contributed by atoms with Crippen LogP contribution in [0.2, 0.25) is 0 Å². The fourth-order valence-corrected chi connectivity index (χ4v) is 3.38. The van der Waals surface area contributed by atoms with Gasteiger partial charge in [0.2, 0.25) is 0 Å². The topological polar surface area (TPSA) is 71.1 Å². The number of rotatable bonds is 5. The van der Waals surface area contributed by atoms with Crippen molar-refractivity contribution >= 4 is 11.8 Å². The maximum Gasteiger partial charge on any atom is 0.340 e. The van der Waals surface area contributed by atoms with Crippen LogP contribution < -0.4 is 4.90 Å². The van der Waals surface area contributed by atoms with E-state index in [4.69, 9.17) is 4.74 Å². The van der Waals surface area contributed by atoms with Crippen molar-refractivity contribution in [1.82, 2.24) is 15.2 Å². The molecule has 0 aromatic carbocycles. The van der Waals surface area contributed by atoms with Crippen LogP contribution in [0.15, 0.2) is 24.4 Å². The molecule has 2 fully saturated rings. The van der Waals surface area contributed by atoms with Crippen molar-refractivity contribution in [2.45, 2.75) is 44.6 Å². The fourth-order valence-electron chi connectivity index (χ4n) is 3.38. The summed E-state index contributed by atoms with van der Waals surface area (Å²) < 4.78 is 5.62. The normalized spacial score (nSPS) is 20.4. The molecular weight excluding hydrogens is 304 g/mol. The van der Waals surface area contributed by atoms with Crippen LogP contribution in [0.3, 0.4) is 0 Å². The van der Waals surface area contributed by atoms with Crippen LogP contribution in [0.4, 0.5) is 5.82 Å². The van der Waals surface area contributed by atoms with Gasteiger partial charge in [0.15, 0.2) is 5.82 Å². The van der Waals surface area contributed by atoms with Gasteiger partial charge in [-0.2, -0.15) is 5.10 Å². The number of anilines is 1. The summed E-state index contributed by atoms with van der Waals surface area (Å²) in [6.45, 7) is 3.25. The van der Waals surface area contributed by atoms with E-state index in [1.54, 1.807) is 0 Å². The van der Waals surface area contributed by atoms with Crippen LogP contribution in [0.5, 0.6) is 0 Å². The Kier molecular flexibility index (Phi) is 3.96. The number of nitrogens with zero attached hydrogens (tertiary/aromatic N) is 3. The highest BCUT2D eigenvalue weighted by Crippen LogP contribution is 2.40. The second kappa shape index (κ2) is 6.26. The molecule has 2 aromatic heterocycles. The van der Waals surface area contributed by atoms with Gasteiger partial charge in [-0.25, -0.2) is 4.79 Å². The minimum absolute atomic E-state index is 0.175. The van der Waals surface area contributed by atoms with E-state index in [-0.39, 0.29) is 12.0 Å². The third-order valence-corrected chi connectivity index (χ3v) is 4.85. The lowest BCUT2D eigenvalue weighted by molar-refractivity contribution is 0.0481. The maximum absolute atomic E-state index is 12.4. The molecule has 126 valence electrons. The van der Waals surface area contributed by atoms with Crippen molar-refractivity contribution in [1.29, 1.82) is 0 Å². The molecule has 1 aliphatic carbocycles. The molecule has 1 N–H and O–H groups in total. The third kappa shape index (κ3) is 3.00. The average Bonchev–Trinajstić information content (AvgIpc) is 3.13. The monoisotopic (exact) mass is 326 g/mol. The number of aromatic nitrogens is 3. The van der Waals surface area contributed by atoms with Gasteiger partial charge < -0.3 is 14.6 Å². The maximum atomic E-state index is 12.4. The van der Waals surface area contributed by atoms with Crippen molar-refractivity contribution in [3.63, 3.8) is 0 Å². The Balaban J connectivity index is 1.40. The third-order valence-electron chi connectivity index (χ3n) is 4.85. The van der Waals surface area contributed by atoms with Crippen molar-refractivity contribution in [3.05, 3.63) is 41.3 Å². The number of hydrogen-bond acceptors (Lipinski definition) is 5. The molecule has 2 aliphatic rings. The SMILES string of the molecule is Cc1ccc(N2CCC[C@H]2COC(=O)c2cc[nH]c2C2CC2)nn1. The Hall–Kier alpha value is -2.37. The predicted molar refractivity (Wildman–Crippen MR) is 90.2 cm³/mol. The minimum atomic E-state index is -0.222. The summed E-state index contributed by atoms with van der Waals surface area (Å²) in [6.07, 6.45) is 6.22. The van der Waals surface area contributed by atoms with Crippen LogP contribution in [0.1, 0.15) is 53.3 Å². The first-order chi connectivity index (χ1) is 11.7. The molecule has 0 bridgehead atoms. The summed E-state index contributed by atoms with van der Waals surface area (Å²) in [4.78, 5) is 17.8. The lowest BCUT2D eigenvalue weighted by Gasteiger charge is -2.24. The molecule has 0 amide bonds. The Bertz CT molecular complexity index is 721. The average molecular weight is 326 g/mol. The molecule has 2 aromatic rings. The first-order valence-corrected chi connectivity index (χ1v) is 8.64. The number of aryl methyl sites for hydroxylation is 1. The highest BCUT2D eigenvalue weighted by atomic mass is 16.5. The van der Waals surface area contributed by atoms with Gasteiger partial charge in [0.05, 0.1) is 17.3 Å². The summed E-state index contributed by atoms with van der Waals surface area (Å²) in [6, 6.07) is 5.95. The standard InChI is InChI=1S/C18H22N4O2/c1-12-4-7-16(21-20-12)22-10-2-3-14(22)11-24-18(23)15-8-9-19-17(15)13-5-6-13/h4,7-9,13-14,19H,2-3,5-6,10-11H2,1H3/t14-/m0/s1. The molecule has 6 nitrogen and oxygen atoms in total. The minimum Gasteiger partial charge on any atom is -0.460 e. The molecule has 6 heteroatoms. The number of carbonyl (C=O) groups excluding carboxylic acids is 1. The quantitative estimate of drug-likeness (QED) is 0.856.